The lowest BCUT2D eigenvalue weighted by Crippen LogP contribution is -2.29. The van der Waals surface area contributed by atoms with E-state index in [1.807, 2.05) is 46.8 Å². The van der Waals surface area contributed by atoms with E-state index < -0.39 is 16.4 Å². The van der Waals surface area contributed by atoms with E-state index in [-0.39, 0.29) is 45.3 Å². The summed E-state index contributed by atoms with van der Waals surface area (Å²) in [4.78, 5) is 13.3. The molecule has 150 valence electrons. The van der Waals surface area contributed by atoms with E-state index in [2.05, 4.69) is 0 Å². The minimum absolute atomic E-state index is 0.0375. The fourth-order valence-corrected chi connectivity index (χ4v) is 4.17. The van der Waals surface area contributed by atoms with Gasteiger partial charge >= 0.3 is 0 Å². The average molecular weight is 394 g/mol. The maximum atomic E-state index is 13.3. The molecular weight excluding hydrogens is 372 g/mol. The maximum Gasteiger partial charge on any atom is 0.204 e. The van der Waals surface area contributed by atoms with Gasteiger partial charge in [0.25, 0.3) is 0 Å². The summed E-state index contributed by atoms with van der Waals surface area (Å²) in [6, 6.07) is 3.09. The Labute approximate surface area is 167 Å². The lowest BCUT2D eigenvalue weighted by molar-refractivity contribution is 0.153. The molecule has 0 bridgehead atoms. The number of aromatic hydroxyl groups is 2. The van der Waals surface area contributed by atoms with Crippen molar-refractivity contribution in [1.82, 2.24) is 0 Å². The quantitative estimate of drug-likeness (QED) is 0.542. The Morgan fingerprint density at radius 1 is 1.07 bits per heavy atom. The predicted molar refractivity (Wildman–Crippen MR) is 110 cm³/mol. The van der Waals surface area contributed by atoms with Crippen molar-refractivity contribution in [2.45, 2.75) is 51.7 Å². The van der Waals surface area contributed by atoms with Crippen LogP contribution in [0.4, 0.5) is 0 Å². The van der Waals surface area contributed by atoms with Crippen LogP contribution in [0.3, 0.4) is 0 Å². The summed E-state index contributed by atoms with van der Waals surface area (Å²) in [6.07, 6.45) is 3.49. The number of phenols is 2. The zero-order valence-electron chi connectivity index (χ0n) is 16.9. The fraction of sp³-hybridized carbons (Fsp3) is 0.348. The van der Waals surface area contributed by atoms with Gasteiger partial charge in [0, 0.05) is 22.6 Å². The molecule has 2 N–H and O–H groups in total. The Balaban J connectivity index is 1.95. The predicted octanol–water partition coefficient (Wildman–Crippen LogP) is 4.60. The van der Waals surface area contributed by atoms with Crippen molar-refractivity contribution >= 4 is 28.0 Å². The van der Waals surface area contributed by atoms with Gasteiger partial charge in [-0.2, -0.15) is 0 Å². The highest BCUT2D eigenvalue weighted by Crippen LogP contribution is 2.50. The Bertz CT molecular complexity index is 1310. The highest BCUT2D eigenvalue weighted by molar-refractivity contribution is 6.00. The van der Waals surface area contributed by atoms with Crippen LogP contribution in [0.25, 0.3) is 28.0 Å². The van der Waals surface area contributed by atoms with Gasteiger partial charge in [-0.15, -0.1) is 0 Å². The zero-order chi connectivity index (χ0) is 20.9. The van der Waals surface area contributed by atoms with Crippen LogP contribution in [0.1, 0.15) is 45.7 Å². The van der Waals surface area contributed by atoms with E-state index in [4.69, 9.17) is 13.9 Å². The van der Waals surface area contributed by atoms with Crippen LogP contribution in [0.5, 0.6) is 23.0 Å². The first-order valence-corrected chi connectivity index (χ1v) is 9.59. The largest absolute Gasteiger partial charge is 0.507 e. The van der Waals surface area contributed by atoms with E-state index >= 15 is 0 Å². The van der Waals surface area contributed by atoms with E-state index in [1.54, 1.807) is 6.07 Å². The van der Waals surface area contributed by atoms with E-state index in [1.165, 1.54) is 6.07 Å². The molecule has 1 unspecified atom stereocenters. The van der Waals surface area contributed by atoms with Crippen LogP contribution in [0.15, 0.2) is 27.4 Å². The van der Waals surface area contributed by atoms with Gasteiger partial charge in [-0.25, -0.2) is 0 Å². The third kappa shape index (κ3) is 2.26. The smallest absolute Gasteiger partial charge is 0.204 e. The molecule has 3 aromatic rings. The molecule has 1 aromatic heterocycles. The average Bonchev–Trinajstić information content (AvgIpc) is 2.85. The Morgan fingerprint density at radius 3 is 2.52 bits per heavy atom. The van der Waals surface area contributed by atoms with Crippen molar-refractivity contribution in [1.29, 1.82) is 0 Å². The van der Waals surface area contributed by atoms with E-state index in [0.717, 1.165) is 0 Å². The summed E-state index contributed by atoms with van der Waals surface area (Å²) in [6.45, 7) is 9.66. The monoisotopic (exact) mass is 394 g/mol. The second-order valence-corrected chi connectivity index (χ2v) is 8.94. The fourth-order valence-electron chi connectivity index (χ4n) is 4.17. The van der Waals surface area contributed by atoms with Crippen LogP contribution >= 0.6 is 0 Å². The van der Waals surface area contributed by atoms with Crippen LogP contribution < -0.4 is 14.9 Å². The Kier molecular flexibility index (Phi) is 3.25. The third-order valence-corrected chi connectivity index (χ3v) is 6.13. The highest BCUT2D eigenvalue weighted by Gasteiger charge is 2.42. The highest BCUT2D eigenvalue weighted by atomic mass is 16.5. The molecule has 3 heterocycles. The summed E-state index contributed by atoms with van der Waals surface area (Å²) in [5, 5.41) is 21.8. The number of rotatable bonds is 0. The molecule has 2 aliphatic heterocycles. The van der Waals surface area contributed by atoms with Crippen LogP contribution in [0.2, 0.25) is 0 Å². The summed E-state index contributed by atoms with van der Waals surface area (Å²) >= 11 is 0. The molecule has 0 saturated heterocycles. The molecule has 2 aliphatic rings. The molecule has 0 aliphatic carbocycles. The van der Waals surface area contributed by atoms with Crippen LogP contribution in [0, 0.1) is 0 Å². The first-order valence-electron chi connectivity index (χ1n) is 9.59. The van der Waals surface area contributed by atoms with Crippen molar-refractivity contribution in [3.63, 3.8) is 0 Å². The Hall–Kier alpha value is -3.15. The number of benzene rings is 2. The number of phenolic OH excluding ortho intramolecular Hbond substituents is 2. The van der Waals surface area contributed by atoms with Gasteiger partial charge in [-0.3, -0.25) is 4.79 Å². The lowest BCUT2D eigenvalue weighted by atomic mass is 9.81. The minimum Gasteiger partial charge on any atom is -0.507 e. The van der Waals surface area contributed by atoms with Gasteiger partial charge in [-0.05, 0) is 32.9 Å². The molecule has 2 aromatic carbocycles. The molecule has 6 nitrogen and oxygen atoms in total. The van der Waals surface area contributed by atoms with Gasteiger partial charge in [0.2, 0.25) is 11.2 Å². The van der Waals surface area contributed by atoms with Gasteiger partial charge in [-0.1, -0.05) is 19.9 Å². The molecule has 29 heavy (non-hydrogen) atoms. The molecule has 0 saturated carbocycles. The molecular formula is C23H22O6. The minimum atomic E-state index is -0.597. The summed E-state index contributed by atoms with van der Waals surface area (Å²) < 4.78 is 17.9. The molecule has 5 rings (SSSR count). The van der Waals surface area contributed by atoms with E-state index in [9.17, 15) is 15.0 Å². The summed E-state index contributed by atoms with van der Waals surface area (Å²) in [7, 11) is 0. The number of fused-ring (bicyclic) bond motifs is 5. The number of hydrogen-bond acceptors (Lipinski definition) is 6. The van der Waals surface area contributed by atoms with Gasteiger partial charge < -0.3 is 24.1 Å². The SMILES string of the molecule is CC1Oc2cc(O)c3c(=O)c4cc5c(c(O)c4oc3c2C1(C)C)OC(C)(C)C=C5. The standard InChI is InChI=1S/C23H22O6/c1-10-23(4,5)16-14(27-10)9-13(24)15-17(25)12-8-11-6-7-22(2,3)29-19(11)18(26)20(12)28-21(15)16/h6-10,24,26H,1-5H3. The first kappa shape index (κ1) is 17.9. The topological polar surface area (TPSA) is 89.1 Å². The molecule has 1 atom stereocenters. The number of hydrogen-bond donors (Lipinski definition) is 2. The van der Waals surface area contributed by atoms with Crippen molar-refractivity contribution in [3.8, 4) is 23.0 Å². The second-order valence-electron chi connectivity index (χ2n) is 8.94. The maximum absolute atomic E-state index is 13.3. The van der Waals surface area contributed by atoms with Crippen molar-refractivity contribution < 1.29 is 24.1 Å². The normalized spacial score (nSPS) is 20.9. The molecule has 0 amide bonds. The molecule has 6 heteroatoms. The van der Waals surface area contributed by atoms with Crippen LogP contribution in [-0.2, 0) is 5.41 Å². The molecule has 0 spiro atoms. The van der Waals surface area contributed by atoms with Gasteiger partial charge in [0.05, 0.1) is 5.39 Å². The first-order chi connectivity index (χ1) is 13.5. The number of ether oxygens (including phenoxy) is 2. The molecule has 0 radical (unpaired) electrons. The van der Waals surface area contributed by atoms with Crippen molar-refractivity contribution in [2.75, 3.05) is 0 Å². The van der Waals surface area contributed by atoms with Crippen molar-refractivity contribution in [3.05, 3.63) is 39.6 Å². The Morgan fingerprint density at radius 2 is 1.79 bits per heavy atom. The third-order valence-electron chi connectivity index (χ3n) is 6.13. The zero-order valence-corrected chi connectivity index (χ0v) is 16.9. The van der Waals surface area contributed by atoms with Crippen LogP contribution in [-0.4, -0.2) is 21.9 Å². The van der Waals surface area contributed by atoms with Gasteiger partial charge in [0.1, 0.15) is 34.2 Å². The summed E-state index contributed by atoms with van der Waals surface area (Å²) in [5.41, 5.74) is 0.0983. The lowest BCUT2D eigenvalue weighted by Gasteiger charge is -2.28. The van der Waals surface area contributed by atoms with Gasteiger partial charge in [0.15, 0.2) is 11.3 Å². The second kappa shape index (κ2) is 5.26. The molecule has 0 fully saturated rings. The van der Waals surface area contributed by atoms with Crippen molar-refractivity contribution in [2.24, 2.45) is 0 Å². The summed E-state index contributed by atoms with van der Waals surface area (Å²) in [5.74, 6) is 0.321. The van der Waals surface area contributed by atoms with E-state index in [0.29, 0.717) is 16.9 Å².